The summed E-state index contributed by atoms with van der Waals surface area (Å²) in [5.41, 5.74) is 0.152. The number of rotatable bonds is 7. The maximum Gasteiger partial charge on any atom is 0.262 e. The van der Waals surface area contributed by atoms with Gasteiger partial charge in [0.1, 0.15) is 4.90 Å². The smallest absolute Gasteiger partial charge is 0.262 e. The number of benzene rings is 1. The molecule has 0 saturated carbocycles. The number of pyridine rings is 1. The molecule has 156 valence electrons. The molecular formula is C20H26N4O4S. The number of hydrogen-bond donors (Lipinski definition) is 2. The quantitative estimate of drug-likeness (QED) is 0.710. The van der Waals surface area contributed by atoms with Crippen molar-refractivity contribution in [3.63, 3.8) is 0 Å². The van der Waals surface area contributed by atoms with Gasteiger partial charge in [-0.05, 0) is 38.1 Å². The minimum atomic E-state index is -3.94. The van der Waals surface area contributed by atoms with Gasteiger partial charge >= 0.3 is 0 Å². The Hall–Kier alpha value is -2.49. The lowest BCUT2D eigenvalue weighted by Crippen LogP contribution is -2.55. The van der Waals surface area contributed by atoms with Crippen molar-refractivity contribution in [2.75, 3.05) is 37.6 Å². The van der Waals surface area contributed by atoms with Gasteiger partial charge in [-0.2, -0.15) is 0 Å². The number of nitrogens with one attached hydrogen (secondary N) is 2. The third-order valence-corrected chi connectivity index (χ3v) is 6.32. The molecule has 1 fully saturated rings. The first-order valence-corrected chi connectivity index (χ1v) is 10.9. The van der Waals surface area contributed by atoms with Crippen LogP contribution >= 0.6 is 0 Å². The Balaban J connectivity index is 1.75. The lowest BCUT2D eigenvalue weighted by Gasteiger charge is -2.40. The first-order valence-electron chi connectivity index (χ1n) is 9.42. The third kappa shape index (κ3) is 5.31. The molecule has 3 rings (SSSR count). The minimum Gasteiger partial charge on any atom is -0.379 e. The number of aromatic nitrogens is 1. The molecule has 0 aliphatic carbocycles. The number of carbonyl (C=O) groups is 1. The van der Waals surface area contributed by atoms with Crippen molar-refractivity contribution in [3.05, 3.63) is 54.4 Å². The van der Waals surface area contributed by atoms with Gasteiger partial charge in [-0.1, -0.05) is 12.1 Å². The molecule has 0 atom stereocenters. The average Bonchev–Trinajstić information content (AvgIpc) is 2.73. The van der Waals surface area contributed by atoms with Crippen molar-refractivity contribution >= 4 is 21.6 Å². The van der Waals surface area contributed by atoms with E-state index in [9.17, 15) is 13.2 Å². The first kappa shape index (κ1) is 21.2. The van der Waals surface area contributed by atoms with Gasteiger partial charge in [0, 0.05) is 31.4 Å². The summed E-state index contributed by atoms with van der Waals surface area (Å²) in [5, 5.41) is 2.89. The Kier molecular flexibility index (Phi) is 6.51. The highest BCUT2D eigenvalue weighted by molar-refractivity contribution is 7.92. The van der Waals surface area contributed by atoms with Crippen LogP contribution in [0, 0.1) is 0 Å². The highest BCUT2D eigenvalue weighted by Gasteiger charge is 2.29. The summed E-state index contributed by atoms with van der Waals surface area (Å²) >= 11 is 0. The maximum absolute atomic E-state index is 12.8. The van der Waals surface area contributed by atoms with Crippen molar-refractivity contribution in [1.29, 1.82) is 0 Å². The molecule has 1 aliphatic rings. The predicted octanol–water partition coefficient (Wildman–Crippen LogP) is 1.72. The summed E-state index contributed by atoms with van der Waals surface area (Å²) in [4.78, 5) is 18.9. The van der Waals surface area contributed by atoms with E-state index < -0.39 is 15.9 Å². The Bertz CT molecular complexity index is 942. The van der Waals surface area contributed by atoms with E-state index in [1.807, 2.05) is 13.8 Å². The molecule has 1 aromatic carbocycles. The van der Waals surface area contributed by atoms with Crippen LogP contribution in [0.3, 0.4) is 0 Å². The zero-order chi connectivity index (χ0) is 20.9. The number of nitrogens with zero attached hydrogens (tertiary/aromatic N) is 2. The summed E-state index contributed by atoms with van der Waals surface area (Å²) < 4.78 is 33.5. The molecule has 2 heterocycles. The second kappa shape index (κ2) is 8.89. The Morgan fingerprint density at radius 1 is 1.17 bits per heavy atom. The van der Waals surface area contributed by atoms with Crippen molar-refractivity contribution in [2.45, 2.75) is 24.3 Å². The van der Waals surface area contributed by atoms with Gasteiger partial charge in [-0.3, -0.25) is 19.4 Å². The normalized spacial score (nSPS) is 15.7. The second-order valence-corrected chi connectivity index (χ2v) is 9.09. The topological polar surface area (TPSA) is 101 Å². The SMILES string of the molecule is CC(C)(CNC(=O)c1ccccc1S(=O)(=O)Nc1cccnc1)N1CCOCC1. The summed E-state index contributed by atoms with van der Waals surface area (Å²) in [6.45, 7) is 7.40. The number of carbonyl (C=O) groups excluding carboxylic acids is 1. The number of morpholine rings is 1. The molecular weight excluding hydrogens is 392 g/mol. The van der Waals surface area contributed by atoms with Gasteiger partial charge < -0.3 is 10.1 Å². The second-order valence-electron chi connectivity index (χ2n) is 7.44. The van der Waals surface area contributed by atoms with Gasteiger partial charge in [0.05, 0.1) is 30.7 Å². The van der Waals surface area contributed by atoms with Crippen molar-refractivity contribution in [3.8, 4) is 0 Å². The fourth-order valence-electron chi connectivity index (χ4n) is 3.19. The fourth-order valence-corrected chi connectivity index (χ4v) is 4.44. The highest BCUT2D eigenvalue weighted by Crippen LogP contribution is 2.20. The number of ether oxygens (including phenoxy) is 1. The first-order chi connectivity index (χ1) is 13.8. The standard InChI is InChI=1S/C20H26N4O4S/c1-20(2,24-10-12-28-13-11-24)15-22-19(25)17-7-3-4-8-18(17)29(26,27)23-16-6-5-9-21-14-16/h3-9,14,23H,10-13,15H2,1-2H3,(H,22,25). The van der Waals surface area contributed by atoms with Crippen LogP contribution < -0.4 is 10.0 Å². The van der Waals surface area contributed by atoms with Crippen LogP contribution in [0.5, 0.6) is 0 Å². The van der Waals surface area contributed by atoms with Gasteiger partial charge in [-0.15, -0.1) is 0 Å². The zero-order valence-corrected chi connectivity index (χ0v) is 17.4. The van der Waals surface area contributed by atoms with Crippen LogP contribution in [0.25, 0.3) is 0 Å². The number of anilines is 1. The number of sulfonamides is 1. The molecule has 9 heteroatoms. The fraction of sp³-hybridized carbons (Fsp3) is 0.400. The molecule has 8 nitrogen and oxygen atoms in total. The van der Waals surface area contributed by atoms with Crippen LogP contribution in [0.15, 0.2) is 53.7 Å². The number of amides is 1. The van der Waals surface area contributed by atoms with Crippen molar-refractivity contribution in [1.82, 2.24) is 15.2 Å². The Morgan fingerprint density at radius 3 is 2.59 bits per heavy atom. The molecule has 0 radical (unpaired) electrons. The minimum absolute atomic E-state index is 0.0782. The van der Waals surface area contributed by atoms with Crippen molar-refractivity contribution in [2.24, 2.45) is 0 Å². The largest absolute Gasteiger partial charge is 0.379 e. The van der Waals surface area contributed by atoms with E-state index >= 15 is 0 Å². The number of hydrogen-bond acceptors (Lipinski definition) is 6. The van der Waals surface area contributed by atoms with E-state index in [-0.39, 0.29) is 16.0 Å². The monoisotopic (exact) mass is 418 g/mol. The molecule has 0 unspecified atom stereocenters. The van der Waals surface area contributed by atoms with Crippen LogP contribution in [-0.4, -0.2) is 62.6 Å². The molecule has 1 aliphatic heterocycles. The zero-order valence-electron chi connectivity index (χ0n) is 16.6. The molecule has 1 aromatic heterocycles. The maximum atomic E-state index is 12.8. The summed E-state index contributed by atoms with van der Waals surface area (Å²) in [7, 11) is -3.94. The van der Waals surface area contributed by atoms with Gasteiger partial charge in [0.25, 0.3) is 15.9 Å². The third-order valence-electron chi connectivity index (χ3n) is 4.88. The molecule has 1 saturated heterocycles. The van der Waals surface area contributed by atoms with Gasteiger partial charge in [-0.25, -0.2) is 8.42 Å². The highest BCUT2D eigenvalue weighted by atomic mass is 32.2. The van der Waals surface area contributed by atoms with Crippen molar-refractivity contribution < 1.29 is 17.9 Å². The summed E-state index contributed by atoms with van der Waals surface area (Å²) in [6.07, 6.45) is 2.96. The lowest BCUT2D eigenvalue weighted by molar-refractivity contribution is -0.00924. The van der Waals surface area contributed by atoms with E-state index in [2.05, 4.69) is 19.9 Å². The van der Waals surface area contributed by atoms with E-state index in [0.29, 0.717) is 25.4 Å². The lowest BCUT2D eigenvalue weighted by atomic mass is 10.0. The molecule has 2 aromatic rings. The van der Waals surface area contributed by atoms with Gasteiger partial charge in [0.15, 0.2) is 0 Å². The molecule has 29 heavy (non-hydrogen) atoms. The van der Waals surface area contributed by atoms with E-state index in [1.54, 1.807) is 30.5 Å². The van der Waals surface area contributed by atoms with Crippen LogP contribution in [0.1, 0.15) is 24.2 Å². The van der Waals surface area contributed by atoms with E-state index in [4.69, 9.17) is 4.74 Å². The molecule has 1 amide bonds. The van der Waals surface area contributed by atoms with Crippen LogP contribution in [0.4, 0.5) is 5.69 Å². The van der Waals surface area contributed by atoms with Crippen LogP contribution in [-0.2, 0) is 14.8 Å². The summed E-state index contributed by atoms with van der Waals surface area (Å²) in [5.74, 6) is -0.432. The predicted molar refractivity (Wildman–Crippen MR) is 110 cm³/mol. The summed E-state index contributed by atoms with van der Waals surface area (Å²) in [6, 6.07) is 9.38. The molecule has 0 spiro atoms. The molecule has 0 bridgehead atoms. The Labute approximate surface area is 171 Å². The van der Waals surface area contributed by atoms with E-state index in [1.165, 1.54) is 18.3 Å². The van der Waals surface area contributed by atoms with Crippen LogP contribution in [0.2, 0.25) is 0 Å². The van der Waals surface area contributed by atoms with Gasteiger partial charge in [0.2, 0.25) is 0 Å². The average molecular weight is 419 g/mol. The Morgan fingerprint density at radius 2 is 1.90 bits per heavy atom. The molecule has 2 N–H and O–H groups in total. The van der Waals surface area contributed by atoms with E-state index in [0.717, 1.165) is 13.1 Å².